The second kappa shape index (κ2) is 34.6. The Labute approximate surface area is 252 Å². The first-order valence-corrected chi connectivity index (χ1v) is 12.5. The van der Waals surface area contributed by atoms with E-state index in [-0.39, 0.29) is 56.4 Å². The van der Waals surface area contributed by atoms with Gasteiger partial charge in [0.1, 0.15) is 23.1 Å². The van der Waals surface area contributed by atoms with Crippen LogP contribution in [0.25, 0.3) is 0 Å². The molecule has 0 saturated heterocycles. The molecule has 0 radical (unpaired) electrons. The number of carbonyl (C=O) groups is 8. The predicted octanol–water partition coefficient (Wildman–Crippen LogP) is -3.37. The Morgan fingerprint density at radius 1 is 0.525 bits per heavy atom. The molecule has 0 spiro atoms. The fourth-order valence-electron chi connectivity index (χ4n) is 1.23. The molecule has 224 valence electrons. The van der Waals surface area contributed by atoms with Gasteiger partial charge in [-0.25, -0.2) is 0 Å². The Hall–Kier alpha value is -2.46. The molecule has 0 aliphatic carbocycles. The summed E-state index contributed by atoms with van der Waals surface area (Å²) in [6, 6.07) is 0. The van der Waals surface area contributed by atoms with Crippen molar-refractivity contribution in [2.75, 3.05) is 0 Å². The molecule has 0 bridgehead atoms. The quantitative estimate of drug-likeness (QED) is 0.139. The maximum atomic E-state index is 9.83. The largest absolute Gasteiger partial charge is 3.00 e. The number of rotatable bonds is 14. The summed E-state index contributed by atoms with van der Waals surface area (Å²) < 4.78 is 10.8. The van der Waals surface area contributed by atoms with E-state index in [1.54, 1.807) is 0 Å². The second-order valence-corrected chi connectivity index (χ2v) is 8.55. The van der Waals surface area contributed by atoms with Crippen LogP contribution in [0.4, 0.5) is 0 Å². The molecule has 0 aliphatic heterocycles. The van der Waals surface area contributed by atoms with Crippen LogP contribution in [-0.2, 0) is 45.9 Å². The summed E-state index contributed by atoms with van der Waals surface area (Å²) in [5.41, 5.74) is 0. The van der Waals surface area contributed by atoms with Crippen molar-refractivity contribution in [2.24, 2.45) is 0 Å². The van der Waals surface area contributed by atoms with Gasteiger partial charge in [0.25, 0.3) is 0 Å². The number of hydrogen-bond donors (Lipinski definition) is 0. The van der Waals surface area contributed by atoms with E-state index >= 15 is 0 Å². The number of Topliss-reactive ketones (excluding diaryl/α,β-unsaturated/α-hetero) is 4. The Morgan fingerprint density at radius 2 is 0.700 bits per heavy atom. The summed E-state index contributed by atoms with van der Waals surface area (Å²) in [6.07, 6.45) is 0.955. The van der Waals surface area contributed by atoms with E-state index in [9.17, 15) is 58.8 Å². The summed E-state index contributed by atoms with van der Waals surface area (Å²) in [5, 5.41) is 37.9. The SMILES string of the molecule is CC(=O)CC(=O)[O-].CC(=O)CC(=O)[O-].CC(=O)CC(=O)[O-].CC(=O)CC(=O)[O-].CCC(C)[O][Al+][O]C(C)CC.[Al+3]. The minimum atomic E-state index is -1.31. The third-order valence-electron chi connectivity index (χ3n) is 3.30. The molecule has 14 nitrogen and oxygen atoms in total. The predicted molar refractivity (Wildman–Crippen MR) is 134 cm³/mol. The van der Waals surface area contributed by atoms with E-state index in [1.807, 2.05) is 0 Å². The number of aliphatic carboxylic acids is 4. The van der Waals surface area contributed by atoms with Gasteiger partial charge >= 0.3 is 93.6 Å². The molecule has 0 N–H and O–H groups in total. The fraction of sp³-hybridized carbons (Fsp3) is 0.667. The summed E-state index contributed by atoms with van der Waals surface area (Å²) >= 11 is -0.250. The van der Waals surface area contributed by atoms with Crippen molar-refractivity contribution in [3.8, 4) is 0 Å². The Kier molecular flexibility index (Phi) is 43.6. The Morgan fingerprint density at radius 3 is 0.775 bits per heavy atom. The van der Waals surface area contributed by atoms with Gasteiger partial charge in [-0.05, 0) is 27.7 Å². The zero-order valence-electron chi connectivity index (χ0n) is 24.3. The van der Waals surface area contributed by atoms with Crippen LogP contribution in [0, 0.1) is 0 Å². The van der Waals surface area contributed by atoms with E-state index < -0.39 is 49.6 Å². The average molecular weight is 605 g/mol. The van der Waals surface area contributed by atoms with Gasteiger partial charge < -0.3 is 39.6 Å². The summed E-state index contributed by atoms with van der Waals surface area (Å²) in [7, 11) is 0. The van der Waals surface area contributed by atoms with Crippen LogP contribution >= 0.6 is 0 Å². The molecule has 0 aromatic heterocycles. The van der Waals surface area contributed by atoms with Crippen molar-refractivity contribution in [1.29, 1.82) is 0 Å². The van der Waals surface area contributed by atoms with Crippen molar-refractivity contribution in [2.45, 2.75) is 106 Å². The normalized spacial score (nSPS) is 10.0. The van der Waals surface area contributed by atoms with Gasteiger partial charge in [-0.3, -0.25) is 19.2 Å². The minimum absolute atomic E-state index is 0. The van der Waals surface area contributed by atoms with Crippen LogP contribution in [-0.4, -0.2) is 92.5 Å². The van der Waals surface area contributed by atoms with Gasteiger partial charge in [0.05, 0.1) is 0 Å². The van der Waals surface area contributed by atoms with Crippen LogP contribution in [0.1, 0.15) is 93.9 Å². The number of ketones is 4. The first-order valence-electron chi connectivity index (χ1n) is 11.6. The molecule has 0 heterocycles. The van der Waals surface area contributed by atoms with Crippen LogP contribution in [0.3, 0.4) is 0 Å². The monoisotopic (exact) mass is 604 g/mol. The van der Waals surface area contributed by atoms with E-state index in [0.29, 0.717) is 12.2 Å². The summed E-state index contributed by atoms with van der Waals surface area (Å²) in [5.74, 6) is -6.75. The van der Waals surface area contributed by atoms with Crippen molar-refractivity contribution < 1.29 is 66.4 Å². The molecular formula is C24H38Al2O14. The molecule has 2 atom stereocenters. The molecule has 16 heteroatoms. The van der Waals surface area contributed by atoms with E-state index in [4.69, 9.17) is 7.58 Å². The summed E-state index contributed by atoms with van der Waals surface area (Å²) in [4.78, 5) is 77.2. The van der Waals surface area contributed by atoms with E-state index in [1.165, 1.54) is 27.7 Å². The summed E-state index contributed by atoms with van der Waals surface area (Å²) in [6.45, 7) is 13.2. The number of hydrogen-bond acceptors (Lipinski definition) is 14. The number of carboxylic acid groups (broad SMARTS) is 4. The topological polar surface area (TPSA) is 247 Å². The van der Waals surface area contributed by atoms with E-state index in [0.717, 1.165) is 12.8 Å². The third kappa shape index (κ3) is 76.5. The molecule has 0 saturated carbocycles. The van der Waals surface area contributed by atoms with Crippen molar-refractivity contribution in [3.63, 3.8) is 0 Å². The minimum Gasteiger partial charge on any atom is 3.00 e. The molecule has 0 aromatic carbocycles. The van der Waals surface area contributed by atoms with Crippen molar-refractivity contribution in [3.05, 3.63) is 0 Å². The fourth-order valence-corrected chi connectivity index (χ4v) is 2.06. The van der Waals surface area contributed by atoms with Crippen molar-refractivity contribution >= 4 is 80.3 Å². The van der Waals surface area contributed by atoms with Crippen LogP contribution in [0.5, 0.6) is 0 Å². The van der Waals surface area contributed by atoms with Gasteiger partial charge in [-0.1, -0.05) is 0 Å². The van der Waals surface area contributed by atoms with Gasteiger partial charge in [0.2, 0.25) is 0 Å². The zero-order valence-corrected chi connectivity index (χ0v) is 26.6. The Balaban J connectivity index is -0.0000000911. The second-order valence-electron chi connectivity index (χ2n) is 7.81. The standard InChI is InChI=1S/4C4H6O3.2C4H9O.2Al/c4*1-3(5)2-4(6)7;2*1-3-4(2)5;;/h4*2H2,1H3,(H,6,7);2*4H,3H2,1-2H3;;/q;;;;2*-1;2*+3/p-4. The molecular weight excluding hydrogens is 566 g/mol. The molecule has 40 heavy (non-hydrogen) atoms. The van der Waals surface area contributed by atoms with Gasteiger partial charge in [-0.2, -0.15) is 0 Å². The van der Waals surface area contributed by atoms with Gasteiger partial charge in [-0.15, -0.1) is 0 Å². The molecule has 0 fully saturated rings. The molecule has 0 aliphatic rings. The van der Waals surface area contributed by atoms with Crippen molar-refractivity contribution in [1.82, 2.24) is 0 Å². The van der Waals surface area contributed by atoms with Gasteiger partial charge in [0.15, 0.2) is 0 Å². The zero-order chi connectivity index (χ0) is 32.1. The first kappa shape index (κ1) is 50.4. The number of carboxylic acids is 4. The van der Waals surface area contributed by atoms with E-state index in [2.05, 4.69) is 27.7 Å². The van der Waals surface area contributed by atoms with Crippen LogP contribution in [0.2, 0.25) is 0 Å². The molecule has 2 unspecified atom stereocenters. The number of carbonyl (C=O) groups excluding carboxylic acids is 8. The smallest absolute Gasteiger partial charge is 3.00 e. The maximum Gasteiger partial charge on any atom is 3.00 e. The first-order chi connectivity index (χ1) is 17.7. The van der Waals surface area contributed by atoms with Crippen LogP contribution in [0.15, 0.2) is 0 Å². The Bertz CT molecular complexity index is 607. The molecule has 0 amide bonds. The molecule has 0 rings (SSSR count). The maximum absolute atomic E-state index is 9.83. The average Bonchev–Trinajstić information content (AvgIpc) is 2.71. The van der Waals surface area contributed by atoms with Crippen LogP contribution < -0.4 is 20.4 Å². The molecule has 0 aromatic rings. The third-order valence-corrected chi connectivity index (χ3v) is 4.45. The van der Waals surface area contributed by atoms with Gasteiger partial charge in [0, 0.05) is 49.6 Å².